The lowest BCUT2D eigenvalue weighted by molar-refractivity contribution is 0.0752. The van der Waals surface area contributed by atoms with E-state index in [1.807, 2.05) is 6.92 Å². The van der Waals surface area contributed by atoms with Crippen molar-refractivity contribution in [1.82, 2.24) is 9.21 Å². The number of rotatable bonds is 6. The maximum Gasteiger partial charge on any atom is 0.247 e. The Morgan fingerprint density at radius 1 is 1.27 bits per heavy atom. The fraction of sp³-hybridized carbons (Fsp3) is 0.692. The molecule has 1 aliphatic carbocycles. The molecule has 0 aromatic heterocycles. The summed E-state index contributed by atoms with van der Waals surface area (Å²) in [6, 6.07) is 4.68. The number of ether oxygens (including phenoxy) is 1. The van der Waals surface area contributed by atoms with Crippen LogP contribution in [0.4, 0.5) is 0 Å². The first-order valence-electron chi connectivity index (χ1n) is 12.4. The summed E-state index contributed by atoms with van der Waals surface area (Å²) in [5.41, 5.74) is 0.783. The van der Waals surface area contributed by atoms with E-state index in [4.69, 9.17) is 4.74 Å². The first-order valence-corrected chi connectivity index (χ1v) is 13.8. The monoisotopic (exact) mass is 476 g/mol. The zero-order valence-electron chi connectivity index (χ0n) is 20.6. The fourth-order valence-corrected chi connectivity index (χ4v) is 6.56. The van der Waals surface area contributed by atoms with Crippen LogP contribution in [-0.2, 0) is 10.0 Å². The van der Waals surface area contributed by atoms with Crippen LogP contribution in [0, 0.1) is 23.7 Å². The molecule has 1 fully saturated rings. The Hall–Kier alpha value is -1.59. The minimum Gasteiger partial charge on any atom is -0.487 e. The summed E-state index contributed by atoms with van der Waals surface area (Å²) in [4.78, 5) is 2.38. The van der Waals surface area contributed by atoms with Gasteiger partial charge in [0.25, 0.3) is 0 Å². The molecular formula is C26H40N2O4S. The third-order valence-corrected chi connectivity index (χ3v) is 8.81. The summed E-state index contributed by atoms with van der Waals surface area (Å²) >= 11 is 0. The van der Waals surface area contributed by atoms with Gasteiger partial charge in [-0.1, -0.05) is 45.0 Å². The molecule has 0 bridgehead atoms. The van der Waals surface area contributed by atoms with E-state index in [2.05, 4.69) is 30.7 Å². The summed E-state index contributed by atoms with van der Waals surface area (Å²) < 4.78 is 35.0. The van der Waals surface area contributed by atoms with Gasteiger partial charge in [0, 0.05) is 36.5 Å². The van der Waals surface area contributed by atoms with Crippen LogP contribution in [0.3, 0.4) is 0 Å². The molecule has 2 aliphatic rings. The van der Waals surface area contributed by atoms with Crippen LogP contribution in [0.5, 0.6) is 5.75 Å². The molecule has 0 amide bonds. The highest BCUT2D eigenvalue weighted by Crippen LogP contribution is 2.34. The highest BCUT2D eigenvalue weighted by molar-refractivity contribution is 7.89. The molecule has 1 aromatic carbocycles. The van der Waals surface area contributed by atoms with Crippen molar-refractivity contribution < 1.29 is 18.3 Å². The zero-order chi connectivity index (χ0) is 24.0. The third kappa shape index (κ3) is 6.51. The normalized spacial score (nSPS) is 24.7. The van der Waals surface area contributed by atoms with Gasteiger partial charge < -0.3 is 14.7 Å². The van der Waals surface area contributed by atoms with Gasteiger partial charge in [-0.05, 0) is 58.0 Å². The summed E-state index contributed by atoms with van der Waals surface area (Å²) in [6.45, 7) is 7.63. The molecular weight excluding hydrogens is 436 g/mol. The predicted molar refractivity (Wildman–Crippen MR) is 132 cm³/mol. The van der Waals surface area contributed by atoms with Crippen molar-refractivity contribution in [2.45, 2.75) is 76.3 Å². The van der Waals surface area contributed by atoms with Gasteiger partial charge in [0.15, 0.2) is 0 Å². The predicted octanol–water partition coefficient (Wildman–Crippen LogP) is 3.73. The van der Waals surface area contributed by atoms with Crippen molar-refractivity contribution in [3.63, 3.8) is 0 Å². The molecule has 0 saturated heterocycles. The molecule has 1 aliphatic heterocycles. The summed E-state index contributed by atoms with van der Waals surface area (Å²) in [5.74, 6) is 7.40. The number of hydrogen-bond donors (Lipinski definition) is 1. The Balaban J connectivity index is 1.99. The second-order valence-electron chi connectivity index (χ2n) is 9.77. The molecule has 0 unspecified atom stereocenters. The maximum absolute atomic E-state index is 13.6. The van der Waals surface area contributed by atoms with Crippen molar-refractivity contribution in [2.24, 2.45) is 11.8 Å². The standard InChI is InChI=1S/C26H40N2O4S/c1-5-15-27(4)18-25-20(2)17-28(21(3)19-29)33(30,31)26-14-13-23(16-24(26)32-25)12-11-22-9-7-6-8-10-22/h13-14,16,20-22,25,29H,5-10,15,17-19H2,1-4H3/t20-,21+,25-/m0/s1. The van der Waals surface area contributed by atoms with E-state index in [9.17, 15) is 13.5 Å². The zero-order valence-corrected chi connectivity index (χ0v) is 21.4. The number of nitrogens with zero attached hydrogens (tertiary/aromatic N) is 2. The number of benzene rings is 1. The molecule has 7 heteroatoms. The number of aliphatic hydroxyl groups is 1. The molecule has 3 atom stereocenters. The lowest BCUT2D eigenvalue weighted by Gasteiger charge is -2.37. The molecule has 33 heavy (non-hydrogen) atoms. The van der Waals surface area contributed by atoms with Crippen LogP contribution < -0.4 is 4.74 Å². The molecule has 1 aromatic rings. The van der Waals surface area contributed by atoms with E-state index in [1.165, 1.54) is 23.6 Å². The first kappa shape index (κ1) is 26.0. The van der Waals surface area contributed by atoms with Crippen molar-refractivity contribution in [3.8, 4) is 17.6 Å². The number of likely N-dealkylation sites (N-methyl/N-ethyl adjacent to an activating group) is 1. The largest absolute Gasteiger partial charge is 0.487 e. The molecule has 184 valence electrons. The first-order chi connectivity index (χ1) is 15.8. The summed E-state index contributed by atoms with van der Waals surface area (Å²) in [6.07, 6.45) is 6.89. The topological polar surface area (TPSA) is 70.1 Å². The Kier molecular flexibility index (Phi) is 9.23. The van der Waals surface area contributed by atoms with Gasteiger partial charge in [-0.25, -0.2) is 8.42 Å². The lowest BCUT2D eigenvalue weighted by Crippen LogP contribution is -2.49. The lowest BCUT2D eigenvalue weighted by atomic mass is 9.90. The van der Waals surface area contributed by atoms with Crippen LogP contribution in [0.1, 0.15) is 64.9 Å². The Morgan fingerprint density at radius 2 is 2.00 bits per heavy atom. The van der Waals surface area contributed by atoms with Gasteiger partial charge in [-0.2, -0.15) is 4.31 Å². The van der Waals surface area contributed by atoms with E-state index in [-0.39, 0.29) is 23.5 Å². The van der Waals surface area contributed by atoms with Crippen molar-refractivity contribution in [2.75, 3.05) is 33.3 Å². The second-order valence-corrected chi connectivity index (χ2v) is 11.6. The minimum atomic E-state index is -3.81. The number of sulfonamides is 1. The Labute approximate surface area is 200 Å². The number of aliphatic hydroxyl groups excluding tert-OH is 1. The highest BCUT2D eigenvalue weighted by atomic mass is 32.2. The third-order valence-electron chi connectivity index (χ3n) is 6.79. The molecule has 0 spiro atoms. The quantitative estimate of drug-likeness (QED) is 0.634. The molecule has 1 N–H and O–H groups in total. The molecule has 3 rings (SSSR count). The number of hydrogen-bond acceptors (Lipinski definition) is 5. The minimum absolute atomic E-state index is 0.0433. The van der Waals surface area contributed by atoms with Gasteiger partial charge in [-0.15, -0.1) is 0 Å². The average molecular weight is 477 g/mol. The van der Waals surface area contributed by atoms with Gasteiger partial charge in [0.2, 0.25) is 10.0 Å². The van der Waals surface area contributed by atoms with Gasteiger partial charge in [-0.3, -0.25) is 0 Å². The van der Waals surface area contributed by atoms with E-state index in [0.717, 1.165) is 31.4 Å². The van der Waals surface area contributed by atoms with Gasteiger partial charge in [0.1, 0.15) is 16.7 Å². The van der Waals surface area contributed by atoms with Crippen LogP contribution in [0.15, 0.2) is 23.1 Å². The van der Waals surface area contributed by atoms with E-state index < -0.39 is 16.1 Å². The molecule has 1 saturated carbocycles. The van der Waals surface area contributed by atoms with Gasteiger partial charge >= 0.3 is 0 Å². The van der Waals surface area contributed by atoms with Crippen molar-refractivity contribution >= 4 is 10.0 Å². The van der Waals surface area contributed by atoms with Crippen LogP contribution in [0.2, 0.25) is 0 Å². The number of fused-ring (bicyclic) bond motifs is 1. The van der Waals surface area contributed by atoms with Crippen LogP contribution in [-0.4, -0.2) is 68.2 Å². The molecule has 1 heterocycles. The highest BCUT2D eigenvalue weighted by Gasteiger charge is 2.38. The molecule has 6 nitrogen and oxygen atoms in total. The second kappa shape index (κ2) is 11.7. The van der Waals surface area contributed by atoms with Crippen LogP contribution >= 0.6 is 0 Å². The Bertz CT molecular complexity index is 947. The Morgan fingerprint density at radius 3 is 2.67 bits per heavy atom. The van der Waals surface area contributed by atoms with Gasteiger partial charge in [0.05, 0.1) is 6.61 Å². The van der Waals surface area contributed by atoms with E-state index >= 15 is 0 Å². The van der Waals surface area contributed by atoms with Crippen LogP contribution in [0.25, 0.3) is 0 Å². The fourth-order valence-electron chi connectivity index (χ4n) is 4.73. The summed E-state index contributed by atoms with van der Waals surface area (Å²) in [5, 5.41) is 9.77. The smallest absolute Gasteiger partial charge is 0.247 e. The molecule has 0 radical (unpaired) electrons. The van der Waals surface area contributed by atoms with E-state index in [1.54, 1.807) is 25.1 Å². The van der Waals surface area contributed by atoms with Crippen molar-refractivity contribution in [1.29, 1.82) is 0 Å². The van der Waals surface area contributed by atoms with E-state index in [0.29, 0.717) is 24.8 Å². The average Bonchev–Trinajstić information content (AvgIpc) is 2.80. The SMILES string of the molecule is CCCN(C)C[C@@H]1Oc2cc(C#CC3CCCCC3)ccc2S(=O)(=O)N([C@H](C)CO)C[C@@H]1C. The summed E-state index contributed by atoms with van der Waals surface area (Å²) in [7, 11) is -1.75. The maximum atomic E-state index is 13.6. The van der Waals surface area contributed by atoms with Crippen molar-refractivity contribution in [3.05, 3.63) is 23.8 Å².